The lowest BCUT2D eigenvalue weighted by atomic mass is 10.1. The molecule has 19 heavy (non-hydrogen) atoms. The van der Waals surface area contributed by atoms with E-state index in [9.17, 15) is 4.79 Å². The molecule has 0 atom stereocenters. The van der Waals surface area contributed by atoms with E-state index in [1.54, 1.807) is 0 Å². The summed E-state index contributed by atoms with van der Waals surface area (Å²) in [6, 6.07) is 0. The SMILES string of the molecule is C=C(Cc1nc(CCCCCCCC)no1)C(=O)O. The third-order valence-corrected chi connectivity index (χ3v) is 2.93. The number of nitrogens with zero attached hydrogens (tertiary/aromatic N) is 2. The van der Waals surface area contributed by atoms with Gasteiger partial charge in [0.15, 0.2) is 5.82 Å². The Labute approximate surface area is 113 Å². The van der Waals surface area contributed by atoms with E-state index < -0.39 is 5.97 Å². The van der Waals surface area contributed by atoms with Crippen molar-refractivity contribution >= 4 is 5.97 Å². The van der Waals surface area contributed by atoms with E-state index in [0.717, 1.165) is 12.8 Å². The fourth-order valence-corrected chi connectivity index (χ4v) is 1.79. The van der Waals surface area contributed by atoms with E-state index in [2.05, 4.69) is 23.6 Å². The number of rotatable bonds is 10. The molecule has 1 rings (SSSR count). The van der Waals surface area contributed by atoms with Gasteiger partial charge in [0.25, 0.3) is 0 Å². The van der Waals surface area contributed by atoms with E-state index in [-0.39, 0.29) is 12.0 Å². The van der Waals surface area contributed by atoms with Crippen molar-refractivity contribution in [2.45, 2.75) is 58.3 Å². The molecule has 0 radical (unpaired) electrons. The summed E-state index contributed by atoms with van der Waals surface area (Å²) < 4.78 is 5.00. The largest absolute Gasteiger partial charge is 0.478 e. The van der Waals surface area contributed by atoms with Crippen molar-refractivity contribution in [2.75, 3.05) is 0 Å². The van der Waals surface area contributed by atoms with Gasteiger partial charge in [0, 0.05) is 12.0 Å². The Hall–Kier alpha value is -1.65. The Morgan fingerprint density at radius 1 is 1.26 bits per heavy atom. The maximum Gasteiger partial charge on any atom is 0.331 e. The van der Waals surface area contributed by atoms with Crippen LogP contribution in [0.5, 0.6) is 0 Å². The summed E-state index contributed by atoms with van der Waals surface area (Å²) in [5, 5.41) is 12.5. The van der Waals surface area contributed by atoms with Crippen LogP contribution < -0.4 is 0 Å². The second-order valence-corrected chi connectivity index (χ2v) is 4.71. The summed E-state index contributed by atoms with van der Waals surface area (Å²) in [5.41, 5.74) is 0.0646. The number of aryl methyl sites for hydroxylation is 1. The number of unbranched alkanes of at least 4 members (excludes halogenated alkanes) is 5. The van der Waals surface area contributed by atoms with Gasteiger partial charge < -0.3 is 9.63 Å². The molecule has 0 aliphatic heterocycles. The van der Waals surface area contributed by atoms with Crippen molar-refractivity contribution in [1.29, 1.82) is 0 Å². The molecular weight excluding hydrogens is 244 g/mol. The highest BCUT2D eigenvalue weighted by molar-refractivity contribution is 5.86. The van der Waals surface area contributed by atoms with Gasteiger partial charge in [-0.05, 0) is 6.42 Å². The van der Waals surface area contributed by atoms with Crippen molar-refractivity contribution in [3.05, 3.63) is 23.9 Å². The second kappa shape index (κ2) is 8.45. The summed E-state index contributed by atoms with van der Waals surface area (Å²) in [4.78, 5) is 14.8. The predicted molar refractivity (Wildman–Crippen MR) is 71.9 cm³/mol. The molecule has 1 aromatic rings. The van der Waals surface area contributed by atoms with Gasteiger partial charge in [0.05, 0.1) is 6.42 Å². The van der Waals surface area contributed by atoms with E-state index in [1.807, 2.05) is 0 Å². The fraction of sp³-hybridized carbons (Fsp3) is 0.643. The molecule has 0 amide bonds. The molecular formula is C14H22N2O3. The number of hydrogen-bond donors (Lipinski definition) is 1. The molecule has 5 nitrogen and oxygen atoms in total. The fourth-order valence-electron chi connectivity index (χ4n) is 1.79. The molecule has 1 heterocycles. The first-order valence-corrected chi connectivity index (χ1v) is 6.86. The number of hydrogen-bond acceptors (Lipinski definition) is 4. The first-order valence-electron chi connectivity index (χ1n) is 6.86. The molecule has 1 N–H and O–H groups in total. The highest BCUT2D eigenvalue weighted by Crippen LogP contribution is 2.09. The van der Waals surface area contributed by atoms with Crippen molar-refractivity contribution in [1.82, 2.24) is 10.1 Å². The monoisotopic (exact) mass is 266 g/mol. The van der Waals surface area contributed by atoms with Crippen LogP contribution in [0.25, 0.3) is 0 Å². The highest BCUT2D eigenvalue weighted by Gasteiger charge is 2.11. The number of carboxylic acids is 1. The minimum atomic E-state index is -1.03. The highest BCUT2D eigenvalue weighted by atomic mass is 16.5. The minimum absolute atomic E-state index is 0.0646. The molecule has 0 aliphatic carbocycles. The van der Waals surface area contributed by atoms with Crippen molar-refractivity contribution < 1.29 is 14.4 Å². The van der Waals surface area contributed by atoms with Gasteiger partial charge in [-0.2, -0.15) is 4.98 Å². The summed E-state index contributed by atoms with van der Waals surface area (Å²) >= 11 is 0. The van der Waals surface area contributed by atoms with Gasteiger partial charge in [-0.3, -0.25) is 0 Å². The number of carboxylic acid groups (broad SMARTS) is 1. The van der Waals surface area contributed by atoms with Crippen LogP contribution >= 0.6 is 0 Å². The number of carbonyl (C=O) groups is 1. The summed E-state index contributed by atoms with van der Waals surface area (Å²) in [7, 11) is 0. The van der Waals surface area contributed by atoms with E-state index >= 15 is 0 Å². The Morgan fingerprint density at radius 3 is 2.63 bits per heavy atom. The molecule has 0 bridgehead atoms. The van der Waals surface area contributed by atoms with Gasteiger partial charge >= 0.3 is 5.97 Å². The molecule has 5 heteroatoms. The molecule has 0 unspecified atom stereocenters. The third-order valence-electron chi connectivity index (χ3n) is 2.93. The maximum atomic E-state index is 10.6. The topological polar surface area (TPSA) is 76.2 Å². The normalized spacial score (nSPS) is 10.6. The molecule has 0 aromatic carbocycles. The first-order chi connectivity index (χ1) is 9.13. The summed E-state index contributed by atoms with van der Waals surface area (Å²) in [6.45, 7) is 5.64. The average molecular weight is 266 g/mol. The van der Waals surface area contributed by atoms with Crippen LogP contribution in [0.3, 0.4) is 0 Å². The van der Waals surface area contributed by atoms with Gasteiger partial charge in [0.2, 0.25) is 5.89 Å². The lowest BCUT2D eigenvalue weighted by molar-refractivity contribution is -0.132. The molecule has 0 saturated carbocycles. The van der Waals surface area contributed by atoms with Gasteiger partial charge in [-0.15, -0.1) is 0 Å². The van der Waals surface area contributed by atoms with Crippen LogP contribution in [0, 0.1) is 0 Å². The van der Waals surface area contributed by atoms with Crippen molar-refractivity contribution in [3.63, 3.8) is 0 Å². The smallest absolute Gasteiger partial charge is 0.331 e. The molecule has 106 valence electrons. The van der Waals surface area contributed by atoms with Crippen LogP contribution in [0.15, 0.2) is 16.7 Å². The van der Waals surface area contributed by atoms with E-state index in [4.69, 9.17) is 9.63 Å². The quantitative estimate of drug-likeness (QED) is 0.520. The van der Waals surface area contributed by atoms with Gasteiger partial charge in [-0.1, -0.05) is 50.8 Å². The van der Waals surface area contributed by atoms with E-state index in [0.29, 0.717) is 11.7 Å². The van der Waals surface area contributed by atoms with Crippen molar-refractivity contribution in [2.24, 2.45) is 0 Å². The molecule has 0 aliphatic rings. The van der Waals surface area contributed by atoms with Crippen LogP contribution in [-0.4, -0.2) is 21.2 Å². The lowest BCUT2D eigenvalue weighted by Gasteiger charge is -1.97. The van der Waals surface area contributed by atoms with Crippen LogP contribution in [0.4, 0.5) is 0 Å². The maximum absolute atomic E-state index is 10.6. The standard InChI is InChI=1S/C14H22N2O3/c1-3-4-5-6-7-8-9-12-15-13(19-16-12)10-11(2)14(17)18/h2-10H2,1H3,(H,17,18). The van der Waals surface area contributed by atoms with Crippen molar-refractivity contribution in [3.8, 4) is 0 Å². The number of aromatic nitrogens is 2. The summed E-state index contributed by atoms with van der Waals surface area (Å²) in [5.74, 6) is -0.0484. The summed E-state index contributed by atoms with van der Waals surface area (Å²) in [6.07, 6.45) is 8.19. The van der Waals surface area contributed by atoms with Crippen LogP contribution in [-0.2, 0) is 17.6 Å². The minimum Gasteiger partial charge on any atom is -0.478 e. The van der Waals surface area contributed by atoms with Crippen LogP contribution in [0.1, 0.15) is 57.2 Å². The second-order valence-electron chi connectivity index (χ2n) is 4.71. The lowest BCUT2D eigenvalue weighted by Crippen LogP contribution is -2.02. The average Bonchev–Trinajstić information content (AvgIpc) is 2.81. The number of aliphatic carboxylic acids is 1. The third kappa shape index (κ3) is 6.18. The first kappa shape index (κ1) is 15.4. The van der Waals surface area contributed by atoms with Gasteiger partial charge in [-0.25, -0.2) is 4.79 Å². The Morgan fingerprint density at radius 2 is 1.95 bits per heavy atom. The zero-order valence-electron chi connectivity index (χ0n) is 11.5. The van der Waals surface area contributed by atoms with Crippen LogP contribution in [0.2, 0.25) is 0 Å². The Bertz CT molecular complexity index is 413. The zero-order valence-corrected chi connectivity index (χ0v) is 11.5. The predicted octanol–water partition coefficient (Wildman–Crippen LogP) is 3.16. The van der Waals surface area contributed by atoms with E-state index in [1.165, 1.54) is 32.1 Å². The Balaban J connectivity index is 2.23. The zero-order chi connectivity index (χ0) is 14.1. The molecule has 0 spiro atoms. The molecule has 0 saturated heterocycles. The molecule has 1 aromatic heterocycles. The Kier molecular flexibility index (Phi) is 6.85. The van der Waals surface area contributed by atoms with Gasteiger partial charge in [0.1, 0.15) is 0 Å². The molecule has 0 fully saturated rings.